The van der Waals surface area contributed by atoms with Crippen LogP contribution in [-0.2, 0) is 5.41 Å². The summed E-state index contributed by atoms with van der Waals surface area (Å²) in [6.07, 6.45) is 6.42. The normalized spacial score (nSPS) is 15.5. The lowest BCUT2D eigenvalue weighted by atomic mass is 9.83. The lowest BCUT2D eigenvalue weighted by molar-refractivity contribution is 0.550. The summed E-state index contributed by atoms with van der Waals surface area (Å²) in [5.41, 5.74) is 6.42. The van der Waals surface area contributed by atoms with E-state index in [4.69, 9.17) is 4.42 Å². The first-order chi connectivity index (χ1) is 15.5. The Hall–Kier alpha value is -3.58. The highest BCUT2D eigenvalue weighted by Gasteiger charge is 2.25. The second-order valence-electron chi connectivity index (χ2n) is 9.87. The fraction of sp³-hybridized carbons (Fsp3) is 0.161. The molecular weight excluding hydrogens is 388 g/mol. The van der Waals surface area contributed by atoms with Crippen LogP contribution in [0.3, 0.4) is 0 Å². The van der Waals surface area contributed by atoms with Crippen LogP contribution in [0.4, 0.5) is 0 Å². The highest BCUT2D eigenvalue weighted by atomic mass is 16.3. The average Bonchev–Trinajstić information content (AvgIpc) is 3.44. The first kappa shape index (κ1) is 19.1. The van der Waals surface area contributed by atoms with Crippen LogP contribution in [-0.4, -0.2) is 0 Å². The molecule has 1 heteroatoms. The molecule has 4 aromatic carbocycles. The summed E-state index contributed by atoms with van der Waals surface area (Å²) >= 11 is 0. The van der Waals surface area contributed by atoms with Gasteiger partial charge in [-0.2, -0.15) is 0 Å². The molecule has 1 nitrogen and oxygen atoms in total. The van der Waals surface area contributed by atoms with Crippen molar-refractivity contribution in [2.75, 3.05) is 0 Å². The van der Waals surface area contributed by atoms with Gasteiger partial charge >= 0.3 is 0 Å². The zero-order chi connectivity index (χ0) is 21.9. The van der Waals surface area contributed by atoms with E-state index in [0.717, 1.165) is 11.3 Å². The number of fused-ring (bicyclic) bond motifs is 3. The Balaban J connectivity index is 1.66. The lowest BCUT2D eigenvalue weighted by Gasteiger charge is -2.20. The Bertz CT molecular complexity index is 1510. The first-order valence-electron chi connectivity index (χ1n) is 11.3. The molecule has 0 amide bonds. The van der Waals surface area contributed by atoms with Crippen molar-refractivity contribution in [1.29, 1.82) is 0 Å². The largest absolute Gasteiger partial charge is 0.464 e. The highest BCUT2D eigenvalue weighted by Crippen LogP contribution is 2.43. The van der Waals surface area contributed by atoms with E-state index in [1.165, 1.54) is 43.8 Å². The average molecular weight is 415 g/mol. The highest BCUT2D eigenvalue weighted by molar-refractivity contribution is 6.02. The van der Waals surface area contributed by atoms with Crippen LogP contribution in [0.25, 0.3) is 38.9 Å². The minimum atomic E-state index is 0.0146. The molecule has 0 spiro atoms. The van der Waals surface area contributed by atoms with Crippen LogP contribution >= 0.6 is 0 Å². The van der Waals surface area contributed by atoms with Crippen molar-refractivity contribution in [3.05, 3.63) is 113 Å². The smallest absolute Gasteiger partial charge is 0.137 e. The third-order valence-corrected chi connectivity index (χ3v) is 6.72. The van der Waals surface area contributed by atoms with Gasteiger partial charge < -0.3 is 4.42 Å². The van der Waals surface area contributed by atoms with Gasteiger partial charge in [0.05, 0.1) is 6.26 Å². The topological polar surface area (TPSA) is 13.1 Å². The Labute approximate surface area is 189 Å². The Morgan fingerprint density at radius 1 is 0.719 bits per heavy atom. The van der Waals surface area contributed by atoms with Crippen molar-refractivity contribution < 1.29 is 4.42 Å². The zero-order valence-corrected chi connectivity index (χ0v) is 18.7. The van der Waals surface area contributed by atoms with Gasteiger partial charge in [-0.1, -0.05) is 81.5 Å². The van der Waals surface area contributed by atoms with E-state index < -0.39 is 0 Å². The predicted octanol–water partition coefficient (Wildman–Crippen LogP) is 8.71. The van der Waals surface area contributed by atoms with E-state index >= 15 is 0 Å². The number of allylic oxidation sites excluding steroid dienone is 1. The van der Waals surface area contributed by atoms with Crippen molar-refractivity contribution in [3.8, 4) is 11.3 Å². The van der Waals surface area contributed by atoms with Crippen LogP contribution in [0.15, 0.2) is 95.6 Å². The Kier molecular flexibility index (Phi) is 4.16. The van der Waals surface area contributed by atoms with E-state index in [0.29, 0.717) is 0 Å². The third-order valence-electron chi connectivity index (χ3n) is 6.72. The molecule has 1 atom stereocenters. The van der Waals surface area contributed by atoms with Crippen LogP contribution in [0, 0.1) is 0 Å². The first-order valence-corrected chi connectivity index (χ1v) is 11.3. The summed E-state index contributed by atoms with van der Waals surface area (Å²) in [6, 6.07) is 28.8. The summed E-state index contributed by atoms with van der Waals surface area (Å²) < 4.78 is 6.08. The zero-order valence-electron chi connectivity index (χ0n) is 18.7. The molecule has 1 aliphatic rings. The molecule has 0 saturated carbocycles. The van der Waals surface area contributed by atoms with Crippen molar-refractivity contribution >= 4 is 27.6 Å². The van der Waals surface area contributed by atoms with Crippen LogP contribution in [0.2, 0.25) is 0 Å². The molecule has 5 aromatic rings. The molecule has 1 heterocycles. The number of benzene rings is 4. The number of hydrogen-bond donors (Lipinski definition) is 0. The van der Waals surface area contributed by atoms with Crippen LogP contribution < -0.4 is 0 Å². The third kappa shape index (κ3) is 3.00. The fourth-order valence-electron chi connectivity index (χ4n) is 5.11. The quantitative estimate of drug-likeness (QED) is 0.263. The lowest BCUT2D eigenvalue weighted by Crippen LogP contribution is -2.11. The number of furan rings is 1. The molecule has 0 aliphatic heterocycles. The molecule has 0 saturated heterocycles. The van der Waals surface area contributed by atoms with E-state index in [1.54, 1.807) is 0 Å². The van der Waals surface area contributed by atoms with Gasteiger partial charge in [-0.25, -0.2) is 0 Å². The summed E-state index contributed by atoms with van der Waals surface area (Å²) in [7, 11) is 0. The maximum absolute atomic E-state index is 6.08. The summed E-state index contributed by atoms with van der Waals surface area (Å²) in [4.78, 5) is 0. The van der Waals surface area contributed by atoms with Gasteiger partial charge in [0.15, 0.2) is 0 Å². The maximum Gasteiger partial charge on any atom is 0.137 e. The fourth-order valence-corrected chi connectivity index (χ4v) is 5.11. The van der Waals surface area contributed by atoms with E-state index in [9.17, 15) is 0 Å². The van der Waals surface area contributed by atoms with Gasteiger partial charge in [0.1, 0.15) is 5.76 Å². The van der Waals surface area contributed by atoms with Crippen LogP contribution in [0.5, 0.6) is 0 Å². The van der Waals surface area contributed by atoms with Crippen LogP contribution in [0.1, 0.15) is 48.9 Å². The molecule has 32 heavy (non-hydrogen) atoms. The van der Waals surface area contributed by atoms with Crippen molar-refractivity contribution in [3.63, 3.8) is 0 Å². The summed E-state index contributed by atoms with van der Waals surface area (Å²) in [5, 5.41) is 5.10. The molecular formula is C31H26O. The summed E-state index contributed by atoms with van der Waals surface area (Å²) in [5.74, 6) is 1.21. The van der Waals surface area contributed by atoms with Crippen molar-refractivity contribution in [2.45, 2.75) is 32.1 Å². The second-order valence-corrected chi connectivity index (χ2v) is 9.87. The molecule has 0 fully saturated rings. The molecule has 6 rings (SSSR count). The predicted molar refractivity (Wildman–Crippen MR) is 135 cm³/mol. The van der Waals surface area contributed by atoms with Gasteiger partial charge in [-0.05, 0) is 74.0 Å². The van der Waals surface area contributed by atoms with Crippen molar-refractivity contribution in [2.24, 2.45) is 0 Å². The van der Waals surface area contributed by atoms with E-state index in [1.807, 2.05) is 6.26 Å². The molecule has 0 N–H and O–H groups in total. The minimum absolute atomic E-state index is 0.0146. The molecule has 1 aromatic heterocycles. The molecule has 1 unspecified atom stereocenters. The minimum Gasteiger partial charge on any atom is -0.464 e. The molecule has 0 bridgehead atoms. The monoisotopic (exact) mass is 414 g/mol. The van der Waals surface area contributed by atoms with Gasteiger partial charge in [0.25, 0.3) is 0 Å². The second kappa shape index (κ2) is 6.97. The van der Waals surface area contributed by atoms with E-state index in [-0.39, 0.29) is 11.3 Å². The van der Waals surface area contributed by atoms with Gasteiger partial charge in [0.2, 0.25) is 0 Å². The van der Waals surface area contributed by atoms with Crippen molar-refractivity contribution in [1.82, 2.24) is 0 Å². The van der Waals surface area contributed by atoms with E-state index in [2.05, 4.69) is 112 Å². The molecule has 1 aliphatic carbocycles. The van der Waals surface area contributed by atoms with Gasteiger partial charge in [-0.3, -0.25) is 0 Å². The molecule has 0 radical (unpaired) electrons. The Morgan fingerprint density at radius 3 is 2.28 bits per heavy atom. The Morgan fingerprint density at radius 2 is 1.47 bits per heavy atom. The SMILES string of the molecule is CC(C)(C)c1ccoc1-c1cc(C2C=Cc3ccccc32)c2cc3ccccc3cc2c1. The maximum atomic E-state index is 6.08. The summed E-state index contributed by atoms with van der Waals surface area (Å²) in [6.45, 7) is 6.73. The van der Waals surface area contributed by atoms with Gasteiger partial charge in [-0.15, -0.1) is 0 Å². The standard InChI is InChI=1S/C31H26O/c1-31(2,3)29-14-15-32-30(29)24-17-23-16-21-9-4-5-10-22(21)18-27(23)28(19-24)26-13-12-20-8-6-7-11-25(20)26/h4-19,26H,1-3H3. The number of rotatable bonds is 2. The number of hydrogen-bond acceptors (Lipinski definition) is 1. The van der Waals surface area contributed by atoms with Gasteiger partial charge in [0, 0.05) is 17.0 Å². The molecule has 156 valence electrons.